The zero-order chi connectivity index (χ0) is 15.5. The quantitative estimate of drug-likeness (QED) is 0.842. The van der Waals surface area contributed by atoms with E-state index in [1.54, 1.807) is 14.2 Å². The van der Waals surface area contributed by atoms with E-state index < -0.39 is 0 Å². The number of benzene rings is 1. The van der Waals surface area contributed by atoms with Crippen molar-refractivity contribution < 1.29 is 14.2 Å². The molecule has 1 aliphatic rings. The lowest BCUT2D eigenvalue weighted by atomic mass is 9.87. The zero-order valence-electron chi connectivity index (χ0n) is 13.2. The maximum Gasteiger partial charge on any atom is 0.133 e. The number of hydrogen-bond acceptors (Lipinski definition) is 4. The average molecular weight is 358 g/mol. The van der Waals surface area contributed by atoms with Gasteiger partial charge in [0.1, 0.15) is 11.5 Å². The van der Waals surface area contributed by atoms with E-state index in [9.17, 15) is 0 Å². The van der Waals surface area contributed by atoms with Gasteiger partial charge in [0.15, 0.2) is 0 Å². The molecular weight excluding hydrogens is 334 g/mol. The summed E-state index contributed by atoms with van der Waals surface area (Å²) in [6, 6.07) is 4.06. The molecule has 4 nitrogen and oxygen atoms in total. The highest BCUT2D eigenvalue weighted by Gasteiger charge is 2.40. The van der Waals surface area contributed by atoms with Crippen LogP contribution in [0.3, 0.4) is 0 Å². The van der Waals surface area contributed by atoms with Gasteiger partial charge >= 0.3 is 0 Å². The van der Waals surface area contributed by atoms with Gasteiger partial charge in [0, 0.05) is 12.2 Å². The Morgan fingerprint density at radius 1 is 1.33 bits per heavy atom. The van der Waals surface area contributed by atoms with Gasteiger partial charge in [-0.1, -0.05) is 6.92 Å². The van der Waals surface area contributed by atoms with Crippen molar-refractivity contribution in [1.29, 1.82) is 0 Å². The van der Waals surface area contributed by atoms with Gasteiger partial charge < -0.3 is 19.5 Å². The summed E-state index contributed by atoms with van der Waals surface area (Å²) < 4.78 is 17.9. The van der Waals surface area contributed by atoms with Crippen LogP contribution in [0.4, 0.5) is 0 Å². The topological polar surface area (TPSA) is 39.7 Å². The second-order valence-corrected chi connectivity index (χ2v) is 6.34. The van der Waals surface area contributed by atoms with Gasteiger partial charge in [0.05, 0.1) is 30.3 Å². The van der Waals surface area contributed by atoms with Gasteiger partial charge in [0.2, 0.25) is 0 Å². The summed E-state index contributed by atoms with van der Waals surface area (Å²) in [4.78, 5) is 0. The minimum Gasteiger partial charge on any atom is -0.496 e. The number of ether oxygens (including phenoxy) is 3. The van der Waals surface area contributed by atoms with E-state index in [1.807, 2.05) is 12.1 Å². The third kappa shape index (κ3) is 3.35. The number of nitrogens with one attached hydrogen (secondary N) is 1. The molecule has 0 radical (unpaired) electrons. The highest BCUT2D eigenvalue weighted by molar-refractivity contribution is 9.10. The first-order valence-corrected chi connectivity index (χ1v) is 8.13. The summed E-state index contributed by atoms with van der Waals surface area (Å²) in [7, 11) is 3.37. The van der Waals surface area contributed by atoms with Crippen LogP contribution in [0.1, 0.15) is 38.3 Å². The number of likely N-dealkylation sites (N-methyl/N-ethyl adjacent to an activating group) is 1. The first kappa shape index (κ1) is 16.6. The van der Waals surface area contributed by atoms with Crippen LogP contribution in [-0.4, -0.2) is 33.0 Å². The number of halogens is 1. The maximum atomic E-state index is 6.04. The molecule has 1 saturated heterocycles. The molecule has 0 spiro atoms. The molecule has 1 aliphatic heterocycles. The van der Waals surface area contributed by atoms with Crippen molar-refractivity contribution in [3.8, 4) is 11.5 Å². The highest BCUT2D eigenvalue weighted by atomic mass is 79.9. The fourth-order valence-corrected chi connectivity index (χ4v) is 3.48. The molecule has 1 N–H and O–H groups in total. The van der Waals surface area contributed by atoms with Crippen LogP contribution in [0.25, 0.3) is 0 Å². The Balaban J connectivity index is 2.48. The van der Waals surface area contributed by atoms with Crippen LogP contribution in [-0.2, 0) is 4.74 Å². The van der Waals surface area contributed by atoms with E-state index in [2.05, 4.69) is 35.1 Å². The van der Waals surface area contributed by atoms with Gasteiger partial charge in [-0.2, -0.15) is 0 Å². The van der Waals surface area contributed by atoms with Gasteiger partial charge in [-0.05, 0) is 54.4 Å². The molecule has 2 atom stereocenters. The van der Waals surface area contributed by atoms with Crippen molar-refractivity contribution in [2.75, 3.05) is 27.4 Å². The fraction of sp³-hybridized carbons (Fsp3) is 0.625. The summed E-state index contributed by atoms with van der Waals surface area (Å²) in [5.41, 5.74) is 0.853. The SMILES string of the molecule is CCNC(c1cc(OC)c(Br)cc1OC)C1(C)CCCO1. The highest BCUT2D eigenvalue weighted by Crippen LogP contribution is 2.43. The number of rotatable bonds is 6. The predicted octanol–water partition coefficient (Wildman–Crippen LogP) is 3.69. The molecule has 0 amide bonds. The Labute approximate surface area is 135 Å². The van der Waals surface area contributed by atoms with E-state index >= 15 is 0 Å². The third-order valence-corrected chi connectivity index (χ3v) is 4.70. The van der Waals surface area contributed by atoms with Gasteiger partial charge in [-0.15, -0.1) is 0 Å². The third-order valence-electron chi connectivity index (χ3n) is 4.08. The van der Waals surface area contributed by atoms with Crippen molar-refractivity contribution in [1.82, 2.24) is 5.32 Å². The molecule has 0 saturated carbocycles. The Morgan fingerprint density at radius 2 is 2.05 bits per heavy atom. The number of methoxy groups -OCH3 is 2. The summed E-state index contributed by atoms with van der Waals surface area (Å²) in [5, 5.41) is 3.55. The second kappa shape index (κ2) is 6.99. The van der Waals surface area contributed by atoms with Crippen molar-refractivity contribution in [2.24, 2.45) is 0 Å². The Hall–Kier alpha value is -0.780. The van der Waals surface area contributed by atoms with Crippen molar-refractivity contribution >= 4 is 15.9 Å². The molecule has 118 valence electrons. The normalized spacial score (nSPS) is 23.1. The molecule has 2 unspecified atom stereocenters. The van der Waals surface area contributed by atoms with Crippen LogP contribution < -0.4 is 14.8 Å². The summed E-state index contributed by atoms with van der Waals surface area (Å²) in [6.07, 6.45) is 2.13. The summed E-state index contributed by atoms with van der Waals surface area (Å²) in [5.74, 6) is 1.64. The van der Waals surface area contributed by atoms with Crippen LogP contribution in [0, 0.1) is 0 Å². The van der Waals surface area contributed by atoms with Gasteiger partial charge in [-0.25, -0.2) is 0 Å². The van der Waals surface area contributed by atoms with Crippen molar-refractivity contribution in [2.45, 2.75) is 38.3 Å². The lowest BCUT2D eigenvalue weighted by Crippen LogP contribution is -2.41. The van der Waals surface area contributed by atoms with E-state index in [-0.39, 0.29) is 11.6 Å². The van der Waals surface area contributed by atoms with Crippen molar-refractivity contribution in [3.05, 3.63) is 22.2 Å². The lowest BCUT2D eigenvalue weighted by molar-refractivity contribution is -0.0127. The van der Waals surface area contributed by atoms with Crippen LogP contribution in [0.2, 0.25) is 0 Å². The molecular formula is C16H24BrNO3. The molecule has 1 aromatic rings. The largest absolute Gasteiger partial charge is 0.496 e. The molecule has 2 rings (SSSR count). The smallest absolute Gasteiger partial charge is 0.133 e. The molecule has 5 heteroatoms. The first-order chi connectivity index (χ1) is 10.1. The standard InChI is InChI=1S/C16H24BrNO3/c1-5-18-15(16(2)7-6-8-21-16)11-9-14(20-4)12(17)10-13(11)19-3/h9-10,15,18H,5-8H2,1-4H3. The molecule has 0 aromatic heterocycles. The van der Waals surface area contributed by atoms with Gasteiger partial charge in [-0.3, -0.25) is 0 Å². The predicted molar refractivity (Wildman–Crippen MR) is 87.3 cm³/mol. The van der Waals surface area contributed by atoms with E-state index in [0.717, 1.165) is 47.5 Å². The maximum absolute atomic E-state index is 6.04. The number of hydrogen-bond donors (Lipinski definition) is 1. The lowest BCUT2D eigenvalue weighted by Gasteiger charge is -2.35. The summed E-state index contributed by atoms with van der Waals surface area (Å²) in [6.45, 7) is 5.95. The van der Waals surface area contributed by atoms with E-state index in [0.29, 0.717) is 0 Å². The van der Waals surface area contributed by atoms with Crippen LogP contribution in [0.5, 0.6) is 11.5 Å². The fourth-order valence-electron chi connectivity index (χ4n) is 3.00. The Bertz CT molecular complexity index is 487. The zero-order valence-corrected chi connectivity index (χ0v) is 14.7. The van der Waals surface area contributed by atoms with Crippen molar-refractivity contribution in [3.63, 3.8) is 0 Å². The average Bonchev–Trinajstić information content (AvgIpc) is 2.92. The first-order valence-electron chi connectivity index (χ1n) is 7.34. The Kier molecular flexibility index (Phi) is 5.52. The monoisotopic (exact) mass is 357 g/mol. The molecule has 1 heterocycles. The van der Waals surface area contributed by atoms with E-state index in [4.69, 9.17) is 14.2 Å². The molecule has 1 aromatic carbocycles. The van der Waals surface area contributed by atoms with Crippen LogP contribution in [0.15, 0.2) is 16.6 Å². The molecule has 1 fully saturated rings. The molecule has 0 aliphatic carbocycles. The molecule has 21 heavy (non-hydrogen) atoms. The minimum absolute atomic E-state index is 0.0712. The second-order valence-electron chi connectivity index (χ2n) is 5.48. The minimum atomic E-state index is -0.220. The Morgan fingerprint density at radius 3 is 2.57 bits per heavy atom. The van der Waals surface area contributed by atoms with Crippen LogP contribution >= 0.6 is 15.9 Å². The van der Waals surface area contributed by atoms with E-state index in [1.165, 1.54) is 0 Å². The van der Waals surface area contributed by atoms with Gasteiger partial charge in [0.25, 0.3) is 0 Å². The summed E-state index contributed by atoms with van der Waals surface area (Å²) >= 11 is 3.51. The molecule has 0 bridgehead atoms.